The number of hydrogen-bond donors (Lipinski definition) is 0. The van der Waals surface area contributed by atoms with Crippen LogP contribution in [0, 0.1) is 0 Å². The summed E-state index contributed by atoms with van der Waals surface area (Å²) in [6.45, 7) is 11.0. The zero-order valence-corrected chi connectivity index (χ0v) is 8.57. The molecule has 74 valence electrons. The van der Waals surface area contributed by atoms with Gasteiger partial charge in [0.15, 0.2) is 0 Å². The quantitative estimate of drug-likeness (QED) is 0.616. The Balaban J connectivity index is 2.41. The van der Waals surface area contributed by atoms with Gasteiger partial charge in [0, 0.05) is 19.1 Å². The van der Waals surface area contributed by atoms with Gasteiger partial charge in [-0.3, -0.25) is 4.90 Å². The Hall–Kier alpha value is -0.600. The molecule has 1 fully saturated rings. The van der Waals surface area contributed by atoms with Crippen molar-refractivity contribution in [2.24, 2.45) is 0 Å². The van der Waals surface area contributed by atoms with Crippen LogP contribution in [-0.4, -0.2) is 36.7 Å². The molecule has 2 heteroatoms. The summed E-state index contributed by atoms with van der Waals surface area (Å²) in [5.74, 6) is 0. The average molecular weight is 181 g/mol. The molecule has 0 saturated carbocycles. The lowest BCUT2D eigenvalue weighted by Crippen LogP contribution is -2.45. The summed E-state index contributed by atoms with van der Waals surface area (Å²) in [7, 11) is 0. The summed E-state index contributed by atoms with van der Waals surface area (Å²) in [5.41, 5.74) is 0. The van der Waals surface area contributed by atoms with Crippen molar-refractivity contribution in [1.82, 2.24) is 4.90 Å². The SMILES string of the molecule is C=C/C=C/C1CN(C(C)C)CCO1. The maximum atomic E-state index is 5.58. The Labute approximate surface area is 80.9 Å². The van der Waals surface area contributed by atoms with Gasteiger partial charge in [-0.05, 0) is 13.8 Å². The highest BCUT2D eigenvalue weighted by Crippen LogP contribution is 2.09. The molecular formula is C11H19NO. The van der Waals surface area contributed by atoms with E-state index in [2.05, 4.69) is 31.4 Å². The van der Waals surface area contributed by atoms with Crippen LogP contribution < -0.4 is 0 Å². The van der Waals surface area contributed by atoms with Gasteiger partial charge in [-0.15, -0.1) is 0 Å². The van der Waals surface area contributed by atoms with Crippen LogP contribution in [0.3, 0.4) is 0 Å². The summed E-state index contributed by atoms with van der Waals surface area (Å²) in [5, 5.41) is 0. The lowest BCUT2D eigenvalue weighted by atomic mass is 10.2. The molecule has 0 N–H and O–H groups in total. The number of hydrogen-bond acceptors (Lipinski definition) is 2. The normalized spacial score (nSPS) is 25.6. The minimum atomic E-state index is 0.245. The Kier molecular flexibility index (Phi) is 4.19. The van der Waals surface area contributed by atoms with E-state index in [9.17, 15) is 0 Å². The van der Waals surface area contributed by atoms with Gasteiger partial charge in [0.2, 0.25) is 0 Å². The number of allylic oxidation sites excluding steroid dienone is 2. The second-order valence-corrected chi connectivity index (χ2v) is 3.62. The monoisotopic (exact) mass is 181 g/mol. The lowest BCUT2D eigenvalue weighted by molar-refractivity contribution is -0.0148. The molecule has 2 nitrogen and oxygen atoms in total. The predicted molar refractivity (Wildman–Crippen MR) is 55.8 cm³/mol. The van der Waals surface area contributed by atoms with Crippen LogP contribution in [0.4, 0.5) is 0 Å². The van der Waals surface area contributed by atoms with Crippen LogP contribution in [0.25, 0.3) is 0 Å². The third-order valence-corrected chi connectivity index (χ3v) is 2.32. The Morgan fingerprint density at radius 1 is 1.54 bits per heavy atom. The summed E-state index contributed by atoms with van der Waals surface area (Å²) < 4.78 is 5.58. The largest absolute Gasteiger partial charge is 0.371 e. The molecule has 0 aromatic carbocycles. The molecule has 0 amide bonds. The minimum Gasteiger partial charge on any atom is -0.371 e. The standard InChI is InChI=1S/C11H19NO/c1-4-5-6-11-9-12(10(2)3)7-8-13-11/h4-6,10-11H,1,7-9H2,2-3H3/b6-5+. The van der Waals surface area contributed by atoms with Crippen molar-refractivity contribution < 1.29 is 4.74 Å². The van der Waals surface area contributed by atoms with Crippen molar-refractivity contribution in [3.05, 3.63) is 24.8 Å². The third kappa shape index (κ3) is 3.33. The van der Waals surface area contributed by atoms with Crippen LogP contribution >= 0.6 is 0 Å². The first-order chi connectivity index (χ1) is 6.24. The molecule has 0 aromatic heterocycles. The van der Waals surface area contributed by atoms with Gasteiger partial charge in [0.25, 0.3) is 0 Å². The van der Waals surface area contributed by atoms with E-state index < -0.39 is 0 Å². The molecule has 0 aliphatic carbocycles. The molecule has 1 saturated heterocycles. The van der Waals surface area contributed by atoms with E-state index in [4.69, 9.17) is 4.74 Å². The minimum absolute atomic E-state index is 0.245. The van der Waals surface area contributed by atoms with Gasteiger partial charge in [-0.1, -0.05) is 24.8 Å². The lowest BCUT2D eigenvalue weighted by Gasteiger charge is -2.34. The van der Waals surface area contributed by atoms with Crippen molar-refractivity contribution in [2.75, 3.05) is 19.7 Å². The molecule has 1 atom stereocenters. The topological polar surface area (TPSA) is 12.5 Å². The van der Waals surface area contributed by atoms with Gasteiger partial charge in [-0.25, -0.2) is 0 Å². The molecule has 1 aliphatic rings. The molecule has 0 aromatic rings. The van der Waals surface area contributed by atoms with Crippen LogP contribution in [-0.2, 0) is 4.74 Å². The van der Waals surface area contributed by atoms with Crippen molar-refractivity contribution >= 4 is 0 Å². The Bertz CT molecular complexity index is 187. The first-order valence-corrected chi connectivity index (χ1v) is 4.89. The first-order valence-electron chi connectivity index (χ1n) is 4.89. The molecule has 13 heavy (non-hydrogen) atoms. The molecule has 0 bridgehead atoms. The van der Waals surface area contributed by atoms with Crippen LogP contribution in [0.15, 0.2) is 24.8 Å². The van der Waals surface area contributed by atoms with Gasteiger partial charge in [-0.2, -0.15) is 0 Å². The van der Waals surface area contributed by atoms with Crippen molar-refractivity contribution in [3.63, 3.8) is 0 Å². The Morgan fingerprint density at radius 2 is 2.31 bits per heavy atom. The van der Waals surface area contributed by atoms with Crippen LogP contribution in [0.5, 0.6) is 0 Å². The summed E-state index contributed by atoms with van der Waals surface area (Å²) in [6.07, 6.45) is 6.06. The van der Waals surface area contributed by atoms with Crippen LogP contribution in [0.2, 0.25) is 0 Å². The smallest absolute Gasteiger partial charge is 0.0886 e. The second-order valence-electron chi connectivity index (χ2n) is 3.62. The maximum Gasteiger partial charge on any atom is 0.0886 e. The van der Waals surface area contributed by atoms with Gasteiger partial charge in [0.1, 0.15) is 0 Å². The fraction of sp³-hybridized carbons (Fsp3) is 0.636. The van der Waals surface area contributed by atoms with E-state index >= 15 is 0 Å². The number of nitrogens with zero attached hydrogens (tertiary/aromatic N) is 1. The number of morpholine rings is 1. The summed E-state index contributed by atoms with van der Waals surface area (Å²) >= 11 is 0. The summed E-state index contributed by atoms with van der Waals surface area (Å²) in [4.78, 5) is 2.43. The highest BCUT2D eigenvalue weighted by atomic mass is 16.5. The molecule has 1 heterocycles. The molecule has 0 radical (unpaired) electrons. The first kappa shape index (κ1) is 10.5. The van der Waals surface area contributed by atoms with E-state index in [0.29, 0.717) is 6.04 Å². The van der Waals surface area contributed by atoms with Crippen molar-refractivity contribution in [1.29, 1.82) is 0 Å². The molecular weight excluding hydrogens is 162 g/mol. The van der Waals surface area contributed by atoms with Crippen molar-refractivity contribution in [2.45, 2.75) is 26.0 Å². The van der Waals surface area contributed by atoms with Gasteiger partial charge in [0.05, 0.1) is 12.7 Å². The number of ether oxygens (including phenoxy) is 1. The molecule has 1 unspecified atom stereocenters. The highest BCUT2D eigenvalue weighted by molar-refractivity contribution is 5.02. The van der Waals surface area contributed by atoms with Crippen molar-refractivity contribution in [3.8, 4) is 0 Å². The average Bonchev–Trinajstić information content (AvgIpc) is 2.15. The predicted octanol–water partition coefficient (Wildman–Crippen LogP) is 1.84. The van der Waals surface area contributed by atoms with E-state index in [0.717, 1.165) is 19.7 Å². The van der Waals surface area contributed by atoms with Crippen LogP contribution in [0.1, 0.15) is 13.8 Å². The van der Waals surface area contributed by atoms with Gasteiger partial charge >= 0.3 is 0 Å². The maximum absolute atomic E-state index is 5.58. The van der Waals surface area contributed by atoms with E-state index in [1.54, 1.807) is 6.08 Å². The van der Waals surface area contributed by atoms with E-state index in [1.807, 2.05) is 6.08 Å². The van der Waals surface area contributed by atoms with Gasteiger partial charge < -0.3 is 4.74 Å². The molecule has 1 rings (SSSR count). The zero-order chi connectivity index (χ0) is 9.68. The highest BCUT2D eigenvalue weighted by Gasteiger charge is 2.19. The Morgan fingerprint density at radius 3 is 2.92 bits per heavy atom. The summed E-state index contributed by atoms with van der Waals surface area (Å²) in [6, 6.07) is 0.614. The molecule has 0 spiro atoms. The number of rotatable bonds is 3. The molecule has 1 aliphatic heterocycles. The zero-order valence-electron chi connectivity index (χ0n) is 8.57. The second kappa shape index (κ2) is 5.20. The van der Waals surface area contributed by atoms with E-state index in [-0.39, 0.29) is 6.10 Å². The third-order valence-electron chi connectivity index (χ3n) is 2.32. The fourth-order valence-corrected chi connectivity index (χ4v) is 1.48. The van der Waals surface area contributed by atoms with E-state index in [1.165, 1.54) is 0 Å². The fourth-order valence-electron chi connectivity index (χ4n) is 1.48.